The molecule has 0 spiro atoms. The molecule has 1 fully saturated rings. The zero-order chi connectivity index (χ0) is 25.1. The summed E-state index contributed by atoms with van der Waals surface area (Å²) < 4.78 is 16.6. The van der Waals surface area contributed by atoms with E-state index < -0.39 is 23.6 Å². The van der Waals surface area contributed by atoms with Crippen molar-refractivity contribution >= 4 is 51.4 Å². The maximum absolute atomic E-state index is 13.1. The molecule has 1 saturated heterocycles. The molecule has 0 saturated carbocycles. The van der Waals surface area contributed by atoms with E-state index in [0.29, 0.717) is 29.5 Å². The quantitative estimate of drug-likeness (QED) is 0.323. The first kappa shape index (κ1) is 23.7. The second-order valence-corrected chi connectivity index (χ2v) is 9.28. The molecule has 3 aromatic carbocycles. The van der Waals surface area contributed by atoms with Crippen LogP contribution in [-0.2, 0) is 9.59 Å². The van der Waals surface area contributed by atoms with Gasteiger partial charge < -0.3 is 19.5 Å². The van der Waals surface area contributed by atoms with Crippen LogP contribution in [0.2, 0.25) is 0 Å². The lowest BCUT2D eigenvalue weighted by atomic mass is 10.0. The predicted molar refractivity (Wildman–Crippen MR) is 138 cm³/mol. The monoisotopic (exact) mass is 504 g/mol. The Balaban J connectivity index is 1.35. The standard InChI is InChI=1S/C27H24N2O6S/c1-2-3-12-33-21-10-8-17-6-4-5-7-19(17)20(21)14-24-26(31)29(27(32)36-24)15-25(30)28-18-9-11-22-23(13-18)35-16-34-22/h4-11,13-14H,2-3,12,15-16H2,1H3,(H,28,30)/b24-14-. The van der Waals surface area contributed by atoms with Crippen LogP contribution in [0.1, 0.15) is 25.3 Å². The lowest BCUT2D eigenvalue weighted by molar-refractivity contribution is -0.127. The molecule has 184 valence electrons. The number of anilines is 1. The summed E-state index contributed by atoms with van der Waals surface area (Å²) in [6.07, 6.45) is 3.58. The van der Waals surface area contributed by atoms with E-state index in [-0.39, 0.29) is 11.7 Å². The summed E-state index contributed by atoms with van der Waals surface area (Å²) in [6, 6.07) is 16.6. The van der Waals surface area contributed by atoms with Crippen molar-refractivity contribution < 1.29 is 28.6 Å². The minimum absolute atomic E-state index is 0.123. The molecular formula is C27H24N2O6S. The Hall–Kier alpha value is -3.98. The topological polar surface area (TPSA) is 94.2 Å². The van der Waals surface area contributed by atoms with Gasteiger partial charge in [0.1, 0.15) is 12.3 Å². The number of carbonyl (C=O) groups is 3. The molecule has 0 aliphatic carbocycles. The highest BCUT2D eigenvalue weighted by Crippen LogP contribution is 2.37. The van der Waals surface area contributed by atoms with Gasteiger partial charge in [-0.3, -0.25) is 19.3 Å². The zero-order valence-corrected chi connectivity index (χ0v) is 20.4. The number of benzene rings is 3. The van der Waals surface area contributed by atoms with Crippen LogP contribution in [0.25, 0.3) is 16.8 Å². The Bertz CT molecular complexity index is 1390. The maximum Gasteiger partial charge on any atom is 0.294 e. The molecule has 3 amide bonds. The third kappa shape index (κ3) is 4.87. The number of nitrogens with one attached hydrogen (secondary N) is 1. The van der Waals surface area contributed by atoms with Crippen molar-refractivity contribution in [3.63, 3.8) is 0 Å². The van der Waals surface area contributed by atoms with Gasteiger partial charge in [-0.25, -0.2) is 0 Å². The number of rotatable bonds is 8. The Morgan fingerprint density at radius 1 is 1.11 bits per heavy atom. The average molecular weight is 505 g/mol. The summed E-state index contributed by atoms with van der Waals surface area (Å²) in [5.41, 5.74) is 1.22. The molecule has 0 radical (unpaired) electrons. The van der Waals surface area contributed by atoms with Crippen LogP contribution in [0.15, 0.2) is 59.5 Å². The summed E-state index contributed by atoms with van der Waals surface area (Å²) >= 11 is 0.813. The molecule has 2 aliphatic rings. The summed E-state index contributed by atoms with van der Waals surface area (Å²) in [5, 5.41) is 4.11. The van der Waals surface area contributed by atoms with Crippen molar-refractivity contribution in [3.8, 4) is 17.2 Å². The van der Waals surface area contributed by atoms with Crippen molar-refractivity contribution in [2.24, 2.45) is 0 Å². The summed E-state index contributed by atoms with van der Waals surface area (Å²) in [5.74, 6) is 0.753. The van der Waals surface area contributed by atoms with Crippen molar-refractivity contribution in [2.45, 2.75) is 19.8 Å². The second-order valence-electron chi connectivity index (χ2n) is 8.28. The normalized spacial score (nSPS) is 15.7. The molecule has 3 aromatic rings. The van der Waals surface area contributed by atoms with Gasteiger partial charge in [0.15, 0.2) is 11.5 Å². The molecule has 2 aliphatic heterocycles. The van der Waals surface area contributed by atoms with Crippen LogP contribution in [0, 0.1) is 0 Å². The molecule has 0 bridgehead atoms. The number of carbonyl (C=O) groups excluding carboxylic acids is 3. The molecule has 0 atom stereocenters. The molecule has 36 heavy (non-hydrogen) atoms. The number of unbranched alkanes of at least 4 members (excludes halogenated alkanes) is 1. The smallest absolute Gasteiger partial charge is 0.294 e. The molecule has 0 unspecified atom stereocenters. The van der Waals surface area contributed by atoms with Crippen LogP contribution in [-0.4, -0.2) is 41.9 Å². The number of ether oxygens (including phenoxy) is 3. The molecule has 0 aromatic heterocycles. The number of nitrogens with zero attached hydrogens (tertiary/aromatic N) is 1. The van der Waals surface area contributed by atoms with E-state index in [1.165, 1.54) is 0 Å². The summed E-state index contributed by atoms with van der Waals surface area (Å²) in [4.78, 5) is 39.6. The van der Waals surface area contributed by atoms with E-state index in [9.17, 15) is 14.4 Å². The van der Waals surface area contributed by atoms with Gasteiger partial charge in [-0.2, -0.15) is 0 Å². The van der Waals surface area contributed by atoms with E-state index in [0.717, 1.165) is 45.8 Å². The van der Waals surface area contributed by atoms with Gasteiger partial charge in [0.25, 0.3) is 11.1 Å². The first-order chi connectivity index (χ1) is 17.5. The largest absolute Gasteiger partial charge is 0.493 e. The SMILES string of the molecule is CCCCOc1ccc2ccccc2c1/C=C1\SC(=O)N(CC(=O)Nc2ccc3c(c2)OCO3)C1=O. The highest BCUT2D eigenvalue weighted by atomic mass is 32.2. The highest BCUT2D eigenvalue weighted by molar-refractivity contribution is 8.18. The van der Waals surface area contributed by atoms with E-state index in [4.69, 9.17) is 14.2 Å². The number of fused-ring (bicyclic) bond motifs is 2. The van der Waals surface area contributed by atoms with E-state index in [1.807, 2.05) is 36.4 Å². The van der Waals surface area contributed by atoms with Crippen LogP contribution < -0.4 is 19.5 Å². The first-order valence-electron chi connectivity index (χ1n) is 11.6. The predicted octanol–water partition coefficient (Wildman–Crippen LogP) is 5.42. The fourth-order valence-electron chi connectivity index (χ4n) is 3.96. The lowest BCUT2D eigenvalue weighted by Crippen LogP contribution is -2.36. The van der Waals surface area contributed by atoms with Crippen LogP contribution in [0.4, 0.5) is 10.5 Å². The van der Waals surface area contributed by atoms with Gasteiger partial charge in [-0.05, 0) is 53.2 Å². The molecule has 9 heteroatoms. The molecular weight excluding hydrogens is 480 g/mol. The Kier molecular flexibility index (Phi) is 6.81. The van der Waals surface area contributed by atoms with E-state index in [2.05, 4.69) is 12.2 Å². The molecule has 2 heterocycles. The fraction of sp³-hybridized carbons (Fsp3) is 0.222. The maximum atomic E-state index is 13.1. The molecule has 1 N–H and O–H groups in total. The second kappa shape index (κ2) is 10.3. The fourth-order valence-corrected chi connectivity index (χ4v) is 4.78. The lowest BCUT2D eigenvalue weighted by Gasteiger charge is -2.13. The van der Waals surface area contributed by atoms with Crippen molar-refractivity contribution in [3.05, 3.63) is 65.1 Å². The van der Waals surface area contributed by atoms with Crippen molar-refractivity contribution in [2.75, 3.05) is 25.3 Å². The third-order valence-corrected chi connectivity index (χ3v) is 6.70. The van der Waals surface area contributed by atoms with E-state index >= 15 is 0 Å². The minimum Gasteiger partial charge on any atom is -0.493 e. The summed E-state index contributed by atoms with van der Waals surface area (Å²) in [7, 11) is 0. The van der Waals surface area contributed by atoms with Gasteiger partial charge in [-0.15, -0.1) is 0 Å². The van der Waals surface area contributed by atoms with Crippen LogP contribution >= 0.6 is 11.8 Å². The van der Waals surface area contributed by atoms with Gasteiger partial charge in [-0.1, -0.05) is 43.7 Å². The Morgan fingerprint density at radius 2 is 1.94 bits per heavy atom. The van der Waals surface area contributed by atoms with E-state index in [1.54, 1.807) is 24.3 Å². The highest BCUT2D eigenvalue weighted by Gasteiger charge is 2.36. The van der Waals surface area contributed by atoms with Crippen molar-refractivity contribution in [1.29, 1.82) is 0 Å². The van der Waals surface area contributed by atoms with Crippen LogP contribution in [0.3, 0.4) is 0 Å². The van der Waals surface area contributed by atoms with Crippen molar-refractivity contribution in [1.82, 2.24) is 4.90 Å². The van der Waals surface area contributed by atoms with Gasteiger partial charge in [0.05, 0.1) is 11.5 Å². The first-order valence-corrected chi connectivity index (χ1v) is 12.4. The Labute approximate surface area is 212 Å². The number of hydrogen-bond donors (Lipinski definition) is 1. The number of thioether (sulfide) groups is 1. The van der Waals surface area contributed by atoms with Gasteiger partial charge in [0, 0.05) is 17.3 Å². The number of imide groups is 1. The number of hydrogen-bond acceptors (Lipinski definition) is 7. The minimum atomic E-state index is -0.515. The number of amides is 3. The average Bonchev–Trinajstić information content (AvgIpc) is 3.45. The van der Waals surface area contributed by atoms with Gasteiger partial charge in [0.2, 0.25) is 12.7 Å². The van der Waals surface area contributed by atoms with Gasteiger partial charge >= 0.3 is 0 Å². The molecule has 5 rings (SSSR count). The van der Waals surface area contributed by atoms with Crippen LogP contribution in [0.5, 0.6) is 17.2 Å². The third-order valence-electron chi connectivity index (χ3n) is 5.79. The Morgan fingerprint density at radius 3 is 2.81 bits per heavy atom. The zero-order valence-electron chi connectivity index (χ0n) is 19.6. The summed E-state index contributed by atoms with van der Waals surface area (Å²) in [6.45, 7) is 2.37. The molecule has 8 nitrogen and oxygen atoms in total.